The maximum absolute atomic E-state index is 13.8. The summed E-state index contributed by atoms with van der Waals surface area (Å²) in [5, 5.41) is 0.422. The number of nitrogens with one attached hydrogen (secondary N) is 1. The molecule has 2 aromatic carbocycles. The van der Waals surface area contributed by atoms with E-state index in [4.69, 9.17) is 17.4 Å². The van der Waals surface area contributed by atoms with Crippen LogP contribution in [0, 0.1) is 9.39 Å². The summed E-state index contributed by atoms with van der Waals surface area (Å²) in [6.07, 6.45) is 0.405. The molecule has 0 saturated carbocycles. The number of nitrogens with two attached hydrogens (primary N) is 1. The van der Waals surface area contributed by atoms with Crippen LogP contribution in [0.2, 0.25) is 5.02 Å². The fourth-order valence-corrected chi connectivity index (χ4v) is 2.50. The summed E-state index contributed by atoms with van der Waals surface area (Å²) < 4.78 is 14.9. The van der Waals surface area contributed by atoms with Gasteiger partial charge in [0, 0.05) is 14.2 Å². The maximum Gasteiger partial charge on any atom is 0.127 e. The van der Waals surface area contributed by atoms with Crippen LogP contribution in [0.4, 0.5) is 4.39 Å². The molecule has 0 saturated heterocycles. The van der Waals surface area contributed by atoms with Gasteiger partial charge in [-0.2, -0.15) is 0 Å². The van der Waals surface area contributed by atoms with Gasteiger partial charge in [-0.15, -0.1) is 0 Å². The van der Waals surface area contributed by atoms with Gasteiger partial charge < -0.3 is 0 Å². The topological polar surface area (TPSA) is 38.0 Å². The standard InChI is InChI=1S/C14H13ClFIN2/c15-12-2-1-3-13(16)11(12)8-14(19-18)9-4-6-10(17)7-5-9/h1-7,14,19H,8,18H2. The quantitative estimate of drug-likeness (QED) is 0.473. The number of rotatable bonds is 4. The largest absolute Gasteiger partial charge is 0.271 e. The first-order valence-corrected chi connectivity index (χ1v) is 7.22. The number of hydrogen-bond donors (Lipinski definition) is 2. The van der Waals surface area contributed by atoms with Crippen molar-refractivity contribution in [3.05, 3.63) is 68.0 Å². The summed E-state index contributed by atoms with van der Waals surface area (Å²) >= 11 is 8.27. The van der Waals surface area contributed by atoms with Gasteiger partial charge in [0.1, 0.15) is 5.82 Å². The SMILES string of the molecule is NNC(Cc1c(F)cccc1Cl)c1ccc(I)cc1. The Kier molecular flexibility index (Phi) is 5.15. The van der Waals surface area contributed by atoms with Crippen LogP contribution < -0.4 is 11.3 Å². The van der Waals surface area contributed by atoms with Crippen molar-refractivity contribution in [3.8, 4) is 0 Å². The highest BCUT2D eigenvalue weighted by Crippen LogP contribution is 2.25. The van der Waals surface area contributed by atoms with Crippen molar-refractivity contribution < 1.29 is 4.39 Å². The maximum atomic E-state index is 13.8. The first-order valence-electron chi connectivity index (χ1n) is 5.76. The summed E-state index contributed by atoms with van der Waals surface area (Å²) in [7, 11) is 0. The van der Waals surface area contributed by atoms with Gasteiger partial charge in [-0.05, 0) is 58.8 Å². The lowest BCUT2D eigenvalue weighted by Crippen LogP contribution is -2.29. The lowest BCUT2D eigenvalue weighted by Gasteiger charge is -2.17. The minimum atomic E-state index is -0.307. The van der Waals surface area contributed by atoms with Crippen molar-refractivity contribution >= 4 is 34.2 Å². The molecule has 0 aliphatic carbocycles. The summed E-state index contributed by atoms with van der Waals surface area (Å²) in [5.41, 5.74) is 4.19. The van der Waals surface area contributed by atoms with Gasteiger partial charge in [0.2, 0.25) is 0 Å². The third kappa shape index (κ3) is 3.66. The van der Waals surface area contributed by atoms with Crippen LogP contribution in [-0.4, -0.2) is 0 Å². The molecule has 19 heavy (non-hydrogen) atoms. The molecule has 0 amide bonds. The van der Waals surface area contributed by atoms with Crippen LogP contribution in [0.5, 0.6) is 0 Å². The Labute approximate surface area is 130 Å². The van der Waals surface area contributed by atoms with Crippen molar-refractivity contribution in [2.24, 2.45) is 5.84 Å². The second-order valence-electron chi connectivity index (χ2n) is 4.18. The normalized spacial score (nSPS) is 12.4. The van der Waals surface area contributed by atoms with Crippen LogP contribution >= 0.6 is 34.2 Å². The molecule has 0 bridgehead atoms. The van der Waals surface area contributed by atoms with E-state index in [-0.39, 0.29) is 11.9 Å². The molecule has 5 heteroatoms. The highest BCUT2D eigenvalue weighted by atomic mass is 127. The van der Waals surface area contributed by atoms with Gasteiger partial charge in [0.25, 0.3) is 0 Å². The minimum absolute atomic E-state index is 0.175. The van der Waals surface area contributed by atoms with E-state index in [1.54, 1.807) is 12.1 Å². The van der Waals surface area contributed by atoms with E-state index in [1.165, 1.54) is 6.07 Å². The Hall–Kier alpha value is -0.690. The second-order valence-corrected chi connectivity index (χ2v) is 5.83. The van der Waals surface area contributed by atoms with Crippen molar-refractivity contribution in [1.82, 2.24) is 5.43 Å². The molecule has 0 heterocycles. The minimum Gasteiger partial charge on any atom is -0.271 e. The van der Waals surface area contributed by atoms with E-state index in [2.05, 4.69) is 28.0 Å². The van der Waals surface area contributed by atoms with Crippen LogP contribution in [0.1, 0.15) is 17.2 Å². The number of hydrazine groups is 1. The summed E-state index contributed by atoms with van der Waals surface area (Å²) in [6, 6.07) is 12.4. The second kappa shape index (κ2) is 6.65. The average Bonchev–Trinajstić information content (AvgIpc) is 2.40. The summed E-state index contributed by atoms with van der Waals surface area (Å²) in [6.45, 7) is 0. The first-order chi connectivity index (χ1) is 9.11. The molecule has 2 aromatic rings. The van der Waals surface area contributed by atoms with E-state index in [1.807, 2.05) is 24.3 Å². The Balaban J connectivity index is 2.26. The molecule has 2 nitrogen and oxygen atoms in total. The smallest absolute Gasteiger partial charge is 0.127 e. The highest BCUT2D eigenvalue weighted by Gasteiger charge is 2.15. The molecule has 1 unspecified atom stereocenters. The van der Waals surface area contributed by atoms with Crippen LogP contribution in [-0.2, 0) is 6.42 Å². The molecule has 2 rings (SSSR count). The van der Waals surface area contributed by atoms with E-state index < -0.39 is 0 Å². The zero-order valence-corrected chi connectivity index (χ0v) is 13.0. The fraction of sp³-hybridized carbons (Fsp3) is 0.143. The van der Waals surface area contributed by atoms with Gasteiger partial charge in [-0.1, -0.05) is 29.8 Å². The van der Waals surface area contributed by atoms with E-state index >= 15 is 0 Å². The van der Waals surface area contributed by atoms with Gasteiger partial charge in [0.05, 0.1) is 6.04 Å². The highest BCUT2D eigenvalue weighted by molar-refractivity contribution is 14.1. The fourth-order valence-electron chi connectivity index (χ4n) is 1.90. The monoisotopic (exact) mass is 390 g/mol. The van der Waals surface area contributed by atoms with Crippen LogP contribution in [0.15, 0.2) is 42.5 Å². The lowest BCUT2D eigenvalue weighted by atomic mass is 9.99. The lowest BCUT2D eigenvalue weighted by molar-refractivity contribution is 0.529. The van der Waals surface area contributed by atoms with Gasteiger partial charge in [0.15, 0.2) is 0 Å². The third-order valence-corrected chi connectivity index (χ3v) is 4.02. The van der Waals surface area contributed by atoms with Crippen molar-refractivity contribution in [2.75, 3.05) is 0 Å². The molecule has 0 aliphatic heterocycles. The molecular weight excluding hydrogens is 378 g/mol. The molecule has 0 radical (unpaired) electrons. The summed E-state index contributed by atoms with van der Waals surface area (Å²) in [4.78, 5) is 0. The molecule has 0 spiro atoms. The predicted molar refractivity (Wildman–Crippen MR) is 84.3 cm³/mol. The third-order valence-electron chi connectivity index (χ3n) is 2.94. The number of halogens is 3. The molecule has 0 fully saturated rings. The van der Waals surface area contributed by atoms with Gasteiger partial charge in [-0.25, -0.2) is 4.39 Å². The summed E-state index contributed by atoms with van der Waals surface area (Å²) in [5.74, 6) is 5.27. The molecule has 0 aromatic heterocycles. The van der Waals surface area contributed by atoms with Gasteiger partial charge >= 0.3 is 0 Å². The van der Waals surface area contributed by atoms with E-state index in [0.29, 0.717) is 17.0 Å². The number of benzene rings is 2. The average molecular weight is 391 g/mol. The molecule has 1 atom stereocenters. The Morgan fingerprint density at radius 3 is 2.47 bits per heavy atom. The Morgan fingerprint density at radius 2 is 1.89 bits per heavy atom. The van der Waals surface area contributed by atoms with Gasteiger partial charge in [-0.3, -0.25) is 11.3 Å². The predicted octanol–water partition coefficient (Wildman–Crippen LogP) is 3.83. The zero-order chi connectivity index (χ0) is 13.8. The molecule has 0 aliphatic rings. The first kappa shape index (κ1) is 14.7. The van der Waals surface area contributed by atoms with E-state index in [0.717, 1.165) is 9.13 Å². The molecule has 3 N–H and O–H groups in total. The Bertz CT molecular complexity index is 540. The van der Waals surface area contributed by atoms with Crippen molar-refractivity contribution in [1.29, 1.82) is 0 Å². The van der Waals surface area contributed by atoms with Crippen LogP contribution in [0.3, 0.4) is 0 Å². The Morgan fingerprint density at radius 1 is 1.21 bits per heavy atom. The number of hydrogen-bond acceptors (Lipinski definition) is 2. The van der Waals surface area contributed by atoms with Crippen molar-refractivity contribution in [2.45, 2.75) is 12.5 Å². The zero-order valence-electron chi connectivity index (χ0n) is 10.0. The van der Waals surface area contributed by atoms with E-state index in [9.17, 15) is 4.39 Å². The molecule has 100 valence electrons. The molecular formula is C14H13ClFIN2. The van der Waals surface area contributed by atoms with Crippen LogP contribution in [0.25, 0.3) is 0 Å². The van der Waals surface area contributed by atoms with Crippen molar-refractivity contribution in [3.63, 3.8) is 0 Å².